The monoisotopic (exact) mass is 367 g/mol. The summed E-state index contributed by atoms with van der Waals surface area (Å²) in [5, 5.41) is 3.34. The van der Waals surface area contributed by atoms with Crippen molar-refractivity contribution in [1.82, 2.24) is 15.1 Å². The highest BCUT2D eigenvalue weighted by atomic mass is 35.5. The summed E-state index contributed by atoms with van der Waals surface area (Å²) in [5.41, 5.74) is 0.526. The number of halogens is 1. The molecule has 7 heteroatoms. The van der Waals surface area contributed by atoms with Crippen molar-refractivity contribution in [2.75, 3.05) is 33.2 Å². The Balaban J connectivity index is 2.30. The van der Waals surface area contributed by atoms with Gasteiger partial charge in [0.2, 0.25) is 11.8 Å². The van der Waals surface area contributed by atoms with Crippen LogP contribution in [-0.2, 0) is 9.59 Å². The molecule has 0 radical (unpaired) electrons. The van der Waals surface area contributed by atoms with Gasteiger partial charge >= 0.3 is 0 Å². The van der Waals surface area contributed by atoms with E-state index in [-0.39, 0.29) is 30.7 Å². The number of nitrogens with one attached hydrogen (secondary N) is 1. The van der Waals surface area contributed by atoms with Crippen molar-refractivity contribution >= 4 is 29.3 Å². The lowest BCUT2D eigenvalue weighted by atomic mass is 10.2. The number of carbonyl (C=O) groups is 3. The lowest BCUT2D eigenvalue weighted by molar-refractivity contribution is -0.139. The summed E-state index contributed by atoms with van der Waals surface area (Å²) in [5.74, 6) is -0.368. The molecule has 0 saturated heterocycles. The Hall–Kier alpha value is -2.08. The Morgan fingerprint density at radius 1 is 1.04 bits per heavy atom. The van der Waals surface area contributed by atoms with E-state index in [4.69, 9.17) is 11.6 Å². The van der Waals surface area contributed by atoms with Crippen molar-refractivity contribution in [2.45, 2.75) is 26.7 Å². The Morgan fingerprint density at radius 3 is 2.20 bits per heavy atom. The van der Waals surface area contributed by atoms with Gasteiger partial charge in [-0.3, -0.25) is 14.4 Å². The Morgan fingerprint density at radius 2 is 1.64 bits per heavy atom. The molecule has 0 atom stereocenters. The smallest absolute Gasteiger partial charge is 0.251 e. The van der Waals surface area contributed by atoms with Crippen molar-refractivity contribution in [1.29, 1.82) is 0 Å². The first kappa shape index (κ1) is 21.0. The normalized spacial score (nSPS) is 10.2. The maximum Gasteiger partial charge on any atom is 0.251 e. The zero-order valence-electron chi connectivity index (χ0n) is 15.0. The molecular formula is C18H26ClN3O3. The topological polar surface area (TPSA) is 69.7 Å². The molecular weight excluding hydrogens is 342 g/mol. The van der Waals surface area contributed by atoms with Crippen LogP contribution in [0.3, 0.4) is 0 Å². The number of hydrogen-bond acceptors (Lipinski definition) is 3. The molecule has 0 spiro atoms. The average molecular weight is 368 g/mol. The number of rotatable bonds is 9. The predicted molar refractivity (Wildman–Crippen MR) is 98.6 cm³/mol. The van der Waals surface area contributed by atoms with E-state index < -0.39 is 0 Å². The second-order valence-electron chi connectivity index (χ2n) is 5.68. The Kier molecular flexibility index (Phi) is 8.99. The zero-order valence-corrected chi connectivity index (χ0v) is 15.8. The molecule has 25 heavy (non-hydrogen) atoms. The van der Waals surface area contributed by atoms with E-state index in [9.17, 15) is 14.4 Å². The average Bonchev–Trinajstić information content (AvgIpc) is 2.59. The van der Waals surface area contributed by atoms with E-state index in [1.165, 1.54) is 4.90 Å². The molecule has 3 amide bonds. The summed E-state index contributed by atoms with van der Waals surface area (Å²) in [6.45, 7) is 5.56. The molecule has 0 aliphatic rings. The SMILES string of the molecule is CCN(CC)C(=O)CN(C)C(=O)CCCNC(=O)c1ccc(Cl)cc1. The number of amides is 3. The van der Waals surface area contributed by atoms with Gasteiger partial charge < -0.3 is 15.1 Å². The number of hydrogen-bond donors (Lipinski definition) is 1. The van der Waals surface area contributed by atoms with Crippen molar-refractivity contribution in [3.05, 3.63) is 34.9 Å². The van der Waals surface area contributed by atoms with Gasteiger partial charge in [0.05, 0.1) is 6.54 Å². The molecule has 0 bridgehead atoms. The molecule has 0 saturated carbocycles. The highest BCUT2D eigenvalue weighted by molar-refractivity contribution is 6.30. The lowest BCUT2D eigenvalue weighted by Gasteiger charge is -2.23. The summed E-state index contributed by atoms with van der Waals surface area (Å²) in [6.07, 6.45) is 0.797. The Bertz CT molecular complexity index is 586. The van der Waals surface area contributed by atoms with Crippen LogP contribution in [0.15, 0.2) is 24.3 Å². The first-order chi connectivity index (χ1) is 11.9. The largest absolute Gasteiger partial charge is 0.352 e. The van der Waals surface area contributed by atoms with E-state index in [0.717, 1.165) is 0 Å². The molecule has 0 aliphatic heterocycles. The summed E-state index contributed by atoms with van der Waals surface area (Å²) in [6, 6.07) is 6.61. The van der Waals surface area contributed by atoms with Crippen molar-refractivity contribution in [2.24, 2.45) is 0 Å². The molecule has 0 heterocycles. The van der Waals surface area contributed by atoms with Crippen LogP contribution in [-0.4, -0.2) is 60.7 Å². The van der Waals surface area contributed by atoms with E-state index in [1.807, 2.05) is 13.8 Å². The third kappa shape index (κ3) is 7.13. The molecule has 138 valence electrons. The highest BCUT2D eigenvalue weighted by Crippen LogP contribution is 2.09. The van der Waals surface area contributed by atoms with Crippen LogP contribution in [0.5, 0.6) is 0 Å². The van der Waals surface area contributed by atoms with Gasteiger partial charge in [0.25, 0.3) is 5.91 Å². The predicted octanol–water partition coefficient (Wildman–Crippen LogP) is 2.18. The van der Waals surface area contributed by atoms with Crippen LogP contribution >= 0.6 is 11.6 Å². The van der Waals surface area contributed by atoms with Crippen LogP contribution < -0.4 is 5.32 Å². The van der Waals surface area contributed by atoms with Gasteiger partial charge in [-0.15, -0.1) is 0 Å². The minimum atomic E-state index is -0.200. The zero-order chi connectivity index (χ0) is 18.8. The van der Waals surface area contributed by atoms with Gasteiger partial charge in [0, 0.05) is 43.7 Å². The molecule has 1 aromatic carbocycles. The quantitative estimate of drug-likeness (QED) is 0.680. The van der Waals surface area contributed by atoms with E-state index in [1.54, 1.807) is 36.2 Å². The first-order valence-electron chi connectivity index (χ1n) is 8.44. The van der Waals surface area contributed by atoms with Crippen LogP contribution in [0.4, 0.5) is 0 Å². The molecule has 1 N–H and O–H groups in total. The van der Waals surface area contributed by atoms with E-state index in [2.05, 4.69) is 5.32 Å². The fourth-order valence-corrected chi connectivity index (χ4v) is 2.43. The third-order valence-electron chi connectivity index (χ3n) is 3.87. The van der Waals surface area contributed by atoms with Gasteiger partial charge in [-0.25, -0.2) is 0 Å². The number of benzene rings is 1. The number of nitrogens with zero attached hydrogens (tertiary/aromatic N) is 2. The van der Waals surface area contributed by atoms with Crippen LogP contribution in [0.25, 0.3) is 0 Å². The summed E-state index contributed by atoms with van der Waals surface area (Å²) < 4.78 is 0. The van der Waals surface area contributed by atoms with Crippen molar-refractivity contribution < 1.29 is 14.4 Å². The minimum Gasteiger partial charge on any atom is -0.352 e. The summed E-state index contributed by atoms with van der Waals surface area (Å²) in [4.78, 5) is 39.1. The Labute approximate surface area is 154 Å². The lowest BCUT2D eigenvalue weighted by Crippen LogP contribution is -2.41. The molecule has 1 rings (SSSR count). The highest BCUT2D eigenvalue weighted by Gasteiger charge is 2.16. The van der Waals surface area contributed by atoms with Crippen LogP contribution in [0.1, 0.15) is 37.0 Å². The molecule has 1 aromatic rings. The van der Waals surface area contributed by atoms with Gasteiger partial charge in [0.15, 0.2) is 0 Å². The molecule has 0 aliphatic carbocycles. The van der Waals surface area contributed by atoms with E-state index >= 15 is 0 Å². The minimum absolute atomic E-state index is 0.0584. The second-order valence-corrected chi connectivity index (χ2v) is 6.12. The maximum atomic E-state index is 12.1. The van der Waals surface area contributed by atoms with Crippen molar-refractivity contribution in [3.8, 4) is 0 Å². The van der Waals surface area contributed by atoms with Gasteiger partial charge in [-0.05, 0) is 44.5 Å². The summed E-state index contributed by atoms with van der Waals surface area (Å²) in [7, 11) is 1.62. The summed E-state index contributed by atoms with van der Waals surface area (Å²) >= 11 is 5.78. The number of carbonyl (C=O) groups excluding carboxylic acids is 3. The van der Waals surface area contributed by atoms with E-state index in [0.29, 0.717) is 36.6 Å². The first-order valence-corrected chi connectivity index (χ1v) is 8.82. The molecule has 0 aromatic heterocycles. The molecule has 6 nitrogen and oxygen atoms in total. The van der Waals surface area contributed by atoms with Crippen LogP contribution in [0.2, 0.25) is 5.02 Å². The number of likely N-dealkylation sites (N-methyl/N-ethyl adjacent to an activating group) is 2. The fourth-order valence-electron chi connectivity index (χ4n) is 2.30. The third-order valence-corrected chi connectivity index (χ3v) is 4.13. The van der Waals surface area contributed by atoms with Crippen LogP contribution in [0, 0.1) is 0 Å². The maximum absolute atomic E-state index is 12.1. The molecule has 0 unspecified atom stereocenters. The van der Waals surface area contributed by atoms with Gasteiger partial charge in [0.1, 0.15) is 0 Å². The van der Waals surface area contributed by atoms with Gasteiger partial charge in [-0.1, -0.05) is 11.6 Å². The second kappa shape index (κ2) is 10.7. The molecule has 0 fully saturated rings. The van der Waals surface area contributed by atoms with Crippen molar-refractivity contribution in [3.63, 3.8) is 0 Å². The standard InChI is InChI=1S/C18H26ClN3O3/c1-4-22(5-2)17(24)13-21(3)16(23)7-6-12-20-18(25)14-8-10-15(19)11-9-14/h8-11H,4-7,12-13H2,1-3H3,(H,20,25). The fraction of sp³-hybridized carbons (Fsp3) is 0.500. The van der Waals surface area contributed by atoms with Gasteiger partial charge in [-0.2, -0.15) is 0 Å².